The highest BCUT2D eigenvalue weighted by Crippen LogP contribution is 2.38. The maximum Gasteiger partial charge on any atom is 0.0331 e. The Morgan fingerprint density at radius 2 is 1.75 bits per heavy atom. The highest BCUT2D eigenvalue weighted by Gasteiger charge is 2.38. The van der Waals surface area contributed by atoms with E-state index >= 15 is 0 Å². The number of nitrogens with zero attached hydrogens (tertiary/aromatic N) is 1. The standard InChI is InChI=1S/C18H36N2/c1-3-8-16-9-7-13-18(15-19,14-12-16)20(2)17-10-5-4-6-11-17/h16-17H,3-15,19H2,1-2H3. The third-order valence-electron chi connectivity index (χ3n) is 6.22. The summed E-state index contributed by atoms with van der Waals surface area (Å²) in [6, 6.07) is 0.801. The van der Waals surface area contributed by atoms with Gasteiger partial charge in [0.2, 0.25) is 0 Å². The van der Waals surface area contributed by atoms with Gasteiger partial charge in [-0.1, -0.05) is 51.9 Å². The molecule has 2 atom stereocenters. The largest absolute Gasteiger partial charge is 0.329 e. The van der Waals surface area contributed by atoms with Crippen molar-refractivity contribution >= 4 is 0 Å². The van der Waals surface area contributed by atoms with Gasteiger partial charge in [-0.3, -0.25) is 4.90 Å². The van der Waals surface area contributed by atoms with Gasteiger partial charge in [-0.15, -0.1) is 0 Å². The molecule has 118 valence electrons. The normalized spacial score (nSPS) is 33.3. The second-order valence-electron chi connectivity index (χ2n) is 7.42. The van der Waals surface area contributed by atoms with Crippen molar-refractivity contribution in [2.24, 2.45) is 11.7 Å². The first-order chi connectivity index (χ1) is 9.72. The van der Waals surface area contributed by atoms with Crippen LogP contribution in [-0.4, -0.2) is 30.1 Å². The van der Waals surface area contributed by atoms with Crippen LogP contribution >= 0.6 is 0 Å². The number of hydrogen-bond donors (Lipinski definition) is 1. The van der Waals surface area contributed by atoms with Gasteiger partial charge in [-0.25, -0.2) is 0 Å². The van der Waals surface area contributed by atoms with Crippen molar-refractivity contribution in [1.82, 2.24) is 4.90 Å². The Bertz CT molecular complexity index is 273. The first-order valence-corrected chi connectivity index (χ1v) is 9.15. The Kier molecular flexibility index (Phi) is 6.35. The first kappa shape index (κ1) is 16.3. The fourth-order valence-electron chi connectivity index (χ4n) is 4.72. The summed E-state index contributed by atoms with van der Waals surface area (Å²) < 4.78 is 0. The Morgan fingerprint density at radius 1 is 1.00 bits per heavy atom. The lowest BCUT2D eigenvalue weighted by Gasteiger charge is -2.46. The van der Waals surface area contributed by atoms with Crippen LogP contribution in [0.5, 0.6) is 0 Å². The first-order valence-electron chi connectivity index (χ1n) is 9.15. The highest BCUT2D eigenvalue weighted by molar-refractivity contribution is 4.96. The lowest BCUT2D eigenvalue weighted by Crippen LogP contribution is -2.56. The minimum absolute atomic E-state index is 0.310. The van der Waals surface area contributed by atoms with Gasteiger partial charge in [-0.2, -0.15) is 0 Å². The lowest BCUT2D eigenvalue weighted by atomic mass is 9.83. The molecule has 2 unspecified atom stereocenters. The molecule has 0 radical (unpaired) electrons. The summed E-state index contributed by atoms with van der Waals surface area (Å²) in [6.07, 6.45) is 16.8. The van der Waals surface area contributed by atoms with Gasteiger partial charge >= 0.3 is 0 Å². The maximum atomic E-state index is 6.29. The molecule has 2 nitrogen and oxygen atoms in total. The summed E-state index contributed by atoms with van der Waals surface area (Å²) in [5, 5.41) is 0. The van der Waals surface area contributed by atoms with Gasteiger partial charge in [0.15, 0.2) is 0 Å². The molecule has 0 heterocycles. The van der Waals surface area contributed by atoms with Gasteiger partial charge in [0, 0.05) is 18.1 Å². The topological polar surface area (TPSA) is 29.3 Å². The molecule has 2 aliphatic carbocycles. The van der Waals surface area contributed by atoms with Gasteiger partial charge in [-0.05, 0) is 45.1 Å². The van der Waals surface area contributed by atoms with Crippen LogP contribution in [0.25, 0.3) is 0 Å². The average molecular weight is 280 g/mol. The van der Waals surface area contributed by atoms with E-state index in [-0.39, 0.29) is 0 Å². The van der Waals surface area contributed by atoms with Crippen LogP contribution in [0.1, 0.15) is 84.0 Å². The van der Waals surface area contributed by atoms with E-state index in [4.69, 9.17) is 5.73 Å². The smallest absolute Gasteiger partial charge is 0.0331 e. The molecule has 0 aromatic carbocycles. The van der Waals surface area contributed by atoms with Crippen molar-refractivity contribution in [2.75, 3.05) is 13.6 Å². The molecule has 2 fully saturated rings. The molecule has 2 rings (SSSR count). The van der Waals surface area contributed by atoms with Gasteiger partial charge in [0.25, 0.3) is 0 Å². The highest BCUT2D eigenvalue weighted by atomic mass is 15.2. The zero-order chi connectivity index (χ0) is 14.4. The molecule has 20 heavy (non-hydrogen) atoms. The Hall–Kier alpha value is -0.0800. The van der Waals surface area contributed by atoms with E-state index in [1.54, 1.807) is 0 Å². The minimum atomic E-state index is 0.310. The Morgan fingerprint density at radius 3 is 2.40 bits per heavy atom. The van der Waals surface area contributed by atoms with Crippen LogP contribution in [0.4, 0.5) is 0 Å². The predicted molar refractivity (Wildman–Crippen MR) is 87.9 cm³/mol. The van der Waals surface area contributed by atoms with E-state index in [0.29, 0.717) is 5.54 Å². The SMILES string of the molecule is CCCC1CCCC(CN)(N(C)C2CCCCC2)CC1. The molecule has 2 aliphatic rings. The molecule has 0 aromatic rings. The fraction of sp³-hybridized carbons (Fsp3) is 1.00. The average Bonchev–Trinajstić information content (AvgIpc) is 2.71. The maximum absolute atomic E-state index is 6.29. The predicted octanol–water partition coefficient (Wildman–Crippen LogP) is 4.33. The van der Waals surface area contributed by atoms with E-state index in [2.05, 4.69) is 18.9 Å². The Labute approximate surface area is 126 Å². The molecule has 2 saturated carbocycles. The summed E-state index contributed by atoms with van der Waals surface area (Å²) in [6.45, 7) is 3.19. The monoisotopic (exact) mass is 280 g/mol. The summed E-state index contributed by atoms with van der Waals surface area (Å²) >= 11 is 0. The molecule has 0 bridgehead atoms. The van der Waals surface area contributed by atoms with Crippen LogP contribution < -0.4 is 5.73 Å². The van der Waals surface area contributed by atoms with Gasteiger partial charge in [0.1, 0.15) is 0 Å². The Balaban J connectivity index is 2.00. The number of hydrogen-bond acceptors (Lipinski definition) is 2. The molecular formula is C18H36N2. The van der Waals surface area contributed by atoms with Crippen molar-refractivity contribution in [2.45, 2.75) is 95.6 Å². The number of nitrogens with two attached hydrogens (primary N) is 1. The van der Waals surface area contributed by atoms with Crippen LogP contribution in [0.2, 0.25) is 0 Å². The lowest BCUT2D eigenvalue weighted by molar-refractivity contribution is 0.0442. The third kappa shape index (κ3) is 3.76. The second kappa shape index (κ2) is 7.79. The molecule has 2 N–H and O–H groups in total. The summed E-state index contributed by atoms with van der Waals surface area (Å²) in [7, 11) is 2.38. The number of rotatable bonds is 5. The molecule has 0 amide bonds. The molecule has 0 saturated heterocycles. The summed E-state index contributed by atoms with van der Waals surface area (Å²) in [4.78, 5) is 2.72. The minimum Gasteiger partial charge on any atom is -0.329 e. The fourth-order valence-corrected chi connectivity index (χ4v) is 4.72. The van der Waals surface area contributed by atoms with Crippen molar-refractivity contribution in [3.8, 4) is 0 Å². The van der Waals surface area contributed by atoms with E-state index in [9.17, 15) is 0 Å². The third-order valence-corrected chi connectivity index (χ3v) is 6.22. The summed E-state index contributed by atoms with van der Waals surface area (Å²) in [5.74, 6) is 0.966. The van der Waals surface area contributed by atoms with E-state index in [1.807, 2.05) is 0 Å². The molecular weight excluding hydrogens is 244 g/mol. The van der Waals surface area contributed by atoms with E-state index < -0.39 is 0 Å². The van der Waals surface area contributed by atoms with Gasteiger partial charge in [0.05, 0.1) is 0 Å². The van der Waals surface area contributed by atoms with Crippen LogP contribution in [0.15, 0.2) is 0 Å². The quantitative estimate of drug-likeness (QED) is 0.760. The molecule has 0 spiro atoms. The number of likely N-dealkylation sites (N-methyl/N-ethyl adjacent to an activating group) is 1. The van der Waals surface area contributed by atoms with Gasteiger partial charge < -0.3 is 5.73 Å². The van der Waals surface area contributed by atoms with Crippen LogP contribution in [0, 0.1) is 5.92 Å². The van der Waals surface area contributed by atoms with Crippen LogP contribution in [0.3, 0.4) is 0 Å². The van der Waals surface area contributed by atoms with Crippen molar-refractivity contribution < 1.29 is 0 Å². The summed E-state index contributed by atoms with van der Waals surface area (Å²) in [5.41, 5.74) is 6.60. The molecule has 2 heteroatoms. The van der Waals surface area contributed by atoms with Crippen molar-refractivity contribution in [1.29, 1.82) is 0 Å². The molecule has 0 aliphatic heterocycles. The van der Waals surface area contributed by atoms with E-state index in [1.165, 1.54) is 77.0 Å². The zero-order valence-electron chi connectivity index (χ0n) is 13.9. The van der Waals surface area contributed by atoms with E-state index in [0.717, 1.165) is 18.5 Å². The molecule has 0 aromatic heterocycles. The van der Waals surface area contributed by atoms with Crippen molar-refractivity contribution in [3.05, 3.63) is 0 Å². The van der Waals surface area contributed by atoms with Crippen LogP contribution in [-0.2, 0) is 0 Å². The second-order valence-corrected chi connectivity index (χ2v) is 7.42. The van der Waals surface area contributed by atoms with Crippen molar-refractivity contribution in [3.63, 3.8) is 0 Å². The zero-order valence-corrected chi connectivity index (χ0v) is 13.9.